The van der Waals surface area contributed by atoms with Gasteiger partial charge in [-0.15, -0.1) is 0 Å². The SMILES string of the molecule is CNc1nc(N2CCC(N(C)[C](=O)[Re])CC2)nc2c1cn[n]2[RaH]. The summed E-state index contributed by atoms with van der Waals surface area (Å²) in [5, 5.41) is 8.49. The minimum atomic E-state index is 0.0755. The van der Waals surface area contributed by atoms with Crippen molar-refractivity contribution >= 4 is 27.2 Å². The van der Waals surface area contributed by atoms with Crippen LogP contribution in [-0.4, -0.2) is 57.8 Å². The first-order valence-electron chi connectivity index (χ1n) is 7.56. The molecule has 0 saturated carbocycles. The van der Waals surface area contributed by atoms with E-state index in [0.717, 1.165) is 48.7 Å². The topological polar surface area (TPSA) is 79.2 Å². The molecule has 2 aromatic heterocycles. The Morgan fingerprint density at radius 1 is 1.43 bits per heavy atom. The van der Waals surface area contributed by atoms with Crippen molar-refractivity contribution in [1.29, 1.82) is 0 Å². The van der Waals surface area contributed by atoms with Gasteiger partial charge in [-0.2, -0.15) is 0 Å². The number of fused-ring (bicyclic) bond motifs is 1. The van der Waals surface area contributed by atoms with Gasteiger partial charge in [-0.25, -0.2) is 0 Å². The van der Waals surface area contributed by atoms with E-state index >= 15 is 0 Å². The van der Waals surface area contributed by atoms with Gasteiger partial charge in [0.05, 0.1) is 0 Å². The minimum absolute atomic E-state index is 0.0755. The van der Waals surface area contributed by atoms with Crippen LogP contribution in [0.25, 0.3) is 11.0 Å². The number of piperidine rings is 1. The van der Waals surface area contributed by atoms with E-state index < -0.39 is 0 Å². The van der Waals surface area contributed by atoms with E-state index in [9.17, 15) is 4.79 Å². The average molecular weight is 701 g/mol. The third-order valence-electron chi connectivity index (χ3n) is 4.39. The number of hydrogen-bond acceptors (Lipinski definition) is 6. The number of rotatable bonds is 3. The van der Waals surface area contributed by atoms with E-state index in [0.29, 0.717) is 6.04 Å². The molecule has 8 nitrogen and oxygen atoms in total. The van der Waals surface area contributed by atoms with Crippen LogP contribution in [0.4, 0.5) is 16.6 Å². The normalized spacial score (nSPS) is 15.8. The van der Waals surface area contributed by atoms with Crippen LogP contribution in [0.1, 0.15) is 12.8 Å². The van der Waals surface area contributed by atoms with Crippen LogP contribution >= 0.6 is 0 Å². The van der Waals surface area contributed by atoms with Gasteiger partial charge in [0.1, 0.15) is 0 Å². The summed E-state index contributed by atoms with van der Waals surface area (Å²) in [5.41, 5.74) is 0.926. The summed E-state index contributed by atoms with van der Waals surface area (Å²) in [5.74, 6) is 1.59. The standard InChI is InChI=1S/C13H17N7O.Ra.Re.H/c1-14-11-10-7-15-18-12(10)17-13(16-11)20-5-3-9(4-6-20)19(2)8-21;;;/h7,9H,3-6H2,1-2H3,(H-,14,15,16,17,18);;;/q-1;+1;;. The Labute approximate surface area is 175 Å². The Morgan fingerprint density at radius 3 is 2.74 bits per heavy atom. The molecule has 0 aliphatic carbocycles. The second kappa shape index (κ2) is 7.33. The Bertz CT molecular complexity index is 728. The molecule has 1 amide bonds. The van der Waals surface area contributed by atoms with E-state index in [2.05, 4.69) is 20.3 Å². The summed E-state index contributed by atoms with van der Waals surface area (Å²) in [7, 11) is 3.77. The fourth-order valence-electron chi connectivity index (χ4n) is 2.94. The van der Waals surface area contributed by atoms with E-state index in [-0.39, 0.29) is 47.6 Å². The molecule has 120 valence electrons. The first-order valence-corrected chi connectivity index (χ1v) is 12.6. The Balaban J connectivity index is 1.82. The molecule has 0 atom stereocenters. The van der Waals surface area contributed by atoms with Crippen LogP contribution in [-0.2, 0) is 19.2 Å². The molecule has 1 aliphatic rings. The fraction of sp³-hybridized carbons (Fsp3) is 0.538. The van der Waals surface area contributed by atoms with Crippen molar-refractivity contribution in [2.45, 2.75) is 18.9 Å². The number of amides is 1. The first-order chi connectivity index (χ1) is 11.0. The van der Waals surface area contributed by atoms with Crippen LogP contribution in [0.15, 0.2) is 6.20 Å². The molecular weight excluding hydrogens is 682 g/mol. The zero-order chi connectivity index (χ0) is 16.6. The van der Waals surface area contributed by atoms with Gasteiger partial charge in [0, 0.05) is 0 Å². The maximum absolute atomic E-state index is 11.5. The molecule has 1 saturated heterocycles. The molecule has 0 bridgehead atoms. The predicted octanol–water partition coefficient (Wildman–Crippen LogP) is 0.480. The molecule has 0 radical (unpaired) electrons. The summed E-state index contributed by atoms with van der Waals surface area (Å²) < 4.78 is 2.18. The van der Waals surface area contributed by atoms with E-state index in [4.69, 9.17) is 4.98 Å². The molecule has 3 heterocycles. The molecule has 2 aromatic rings. The third-order valence-corrected chi connectivity index (χ3v) is 8.04. The van der Waals surface area contributed by atoms with Gasteiger partial charge in [0.15, 0.2) is 0 Å². The predicted molar refractivity (Wildman–Crippen MR) is 80.1 cm³/mol. The van der Waals surface area contributed by atoms with Crippen molar-refractivity contribution in [2.75, 3.05) is 37.4 Å². The van der Waals surface area contributed by atoms with Crippen LogP contribution in [0, 0.1) is 43.2 Å². The third kappa shape index (κ3) is 3.57. The molecule has 3 rings (SSSR count). The molecule has 0 aromatic carbocycles. The van der Waals surface area contributed by atoms with Crippen molar-refractivity contribution in [3.63, 3.8) is 0 Å². The fourth-order valence-corrected chi connectivity index (χ4v) is 5.31. The summed E-state index contributed by atoms with van der Waals surface area (Å²) >= 11 is 1.28. The summed E-state index contributed by atoms with van der Waals surface area (Å²) in [4.78, 5) is 25.0. The number of nitrogens with zero attached hydrogens (tertiary/aromatic N) is 6. The monoisotopic (exact) mass is 701 g/mol. The molecule has 1 aliphatic heterocycles. The number of carbonyl (C=O) groups is 1. The quantitative estimate of drug-likeness (QED) is 0.503. The van der Waals surface area contributed by atoms with Crippen molar-refractivity contribution in [1.82, 2.24) is 20.2 Å². The zero-order valence-electron chi connectivity index (χ0n) is 13.5. The van der Waals surface area contributed by atoms with Crippen molar-refractivity contribution in [3.8, 4) is 0 Å². The summed E-state index contributed by atoms with van der Waals surface area (Å²) in [6, 6.07) is 0.324. The molecular formula is C13H18N7ORaRe. The summed E-state index contributed by atoms with van der Waals surface area (Å²) in [6.45, 7) is 1.73. The van der Waals surface area contributed by atoms with Crippen LogP contribution < -0.4 is 10.2 Å². The maximum atomic E-state index is 11.5. The number of aromatic nitrogens is 4. The van der Waals surface area contributed by atoms with Gasteiger partial charge in [-0.3, -0.25) is 0 Å². The van der Waals surface area contributed by atoms with Crippen LogP contribution in [0.5, 0.6) is 0 Å². The molecule has 1 fully saturated rings. The van der Waals surface area contributed by atoms with E-state index in [1.807, 2.05) is 25.4 Å². The Hall–Kier alpha value is -0.250. The molecule has 10 heteroatoms. The van der Waals surface area contributed by atoms with Crippen molar-refractivity contribution < 1.29 is 67.2 Å². The van der Waals surface area contributed by atoms with Crippen LogP contribution in [0.2, 0.25) is 0 Å². The Morgan fingerprint density at radius 2 is 2.13 bits per heavy atom. The number of anilines is 2. The van der Waals surface area contributed by atoms with Gasteiger partial charge >= 0.3 is 177 Å². The zero-order valence-corrected chi connectivity index (χ0v) is 24.4. The van der Waals surface area contributed by atoms with E-state index in [1.165, 1.54) is 19.2 Å². The van der Waals surface area contributed by atoms with Crippen molar-refractivity contribution in [3.05, 3.63) is 6.20 Å². The first kappa shape index (κ1) is 17.6. The Kier molecular flexibility index (Phi) is 5.60. The van der Waals surface area contributed by atoms with Crippen LogP contribution in [0.3, 0.4) is 0 Å². The molecule has 0 unspecified atom stereocenters. The van der Waals surface area contributed by atoms with E-state index in [1.54, 1.807) is 0 Å². The summed E-state index contributed by atoms with van der Waals surface area (Å²) in [6.07, 6.45) is 3.74. The van der Waals surface area contributed by atoms with Crippen molar-refractivity contribution in [2.24, 2.45) is 0 Å². The number of carbonyl (C=O) groups excluding carboxylic acids is 1. The number of nitrogens with one attached hydrogen (secondary N) is 1. The van der Waals surface area contributed by atoms with Gasteiger partial charge in [0.2, 0.25) is 0 Å². The number of hydrogen-bond donors (Lipinski definition) is 1. The van der Waals surface area contributed by atoms with Gasteiger partial charge in [-0.1, -0.05) is 0 Å². The molecule has 23 heavy (non-hydrogen) atoms. The van der Waals surface area contributed by atoms with Gasteiger partial charge in [-0.05, 0) is 0 Å². The van der Waals surface area contributed by atoms with Gasteiger partial charge < -0.3 is 0 Å². The molecule has 0 spiro atoms. The average Bonchev–Trinajstić information content (AvgIpc) is 2.94. The molecule has 1 N–H and O–H groups in total. The van der Waals surface area contributed by atoms with Gasteiger partial charge in [0.25, 0.3) is 0 Å². The second-order valence-electron chi connectivity index (χ2n) is 5.71. The second-order valence-corrected chi connectivity index (χ2v) is 10.4.